The van der Waals surface area contributed by atoms with E-state index in [-0.39, 0.29) is 18.2 Å². The molecule has 1 heterocycles. The maximum atomic E-state index is 12.5. The van der Waals surface area contributed by atoms with Crippen LogP contribution in [0.5, 0.6) is 11.5 Å². The number of carbonyl (C=O) groups excluding carboxylic acids is 1. The van der Waals surface area contributed by atoms with Crippen LogP contribution in [0.25, 0.3) is 0 Å². The molecular formula is C22H24N4O6. The van der Waals surface area contributed by atoms with Crippen molar-refractivity contribution >= 4 is 17.3 Å². The average molecular weight is 440 g/mol. The summed E-state index contributed by atoms with van der Waals surface area (Å²) in [6.07, 6.45) is 0. The van der Waals surface area contributed by atoms with E-state index < -0.39 is 4.92 Å². The molecule has 0 aliphatic rings. The van der Waals surface area contributed by atoms with Crippen LogP contribution in [0.15, 0.2) is 47.0 Å². The van der Waals surface area contributed by atoms with Crippen LogP contribution >= 0.6 is 0 Å². The second-order valence-corrected chi connectivity index (χ2v) is 6.94. The molecule has 32 heavy (non-hydrogen) atoms. The number of hydrogen-bond donors (Lipinski definition) is 2. The van der Waals surface area contributed by atoms with Gasteiger partial charge in [-0.05, 0) is 44.2 Å². The van der Waals surface area contributed by atoms with E-state index in [4.69, 9.17) is 14.0 Å². The number of nitrogens with one attached hydrogen (secondary N) is 2. The number of amides is 1. The summed E-state index contributed by atoms with van der Waals surface area (Å²) in [6, 6.07) is 11.0. The van der Waals surface area contributed by atoms with E-state index in [0.29, 0.717) is 35.9 Å². The van der Waals surface area contributed by atoms with E-state index in [9.17, 15) is 14.9 Å². The number of nitrogens with zero attached hydrogens (tertiary/aromatic N) is 2. The minimum absolute atomic E-state index is 0.0249. The first-order valence-electron chi connectivity index (χ1n) is 9.88. The predicted octanol–water partition coefficient (Wildman–Crippen LogP) is 3.63. The van der Waals surface area contributed by atoms with Gasteiger partial charge in [0.05, 0.1) is 23.3 Å². The van der Waals surface area contributed by atoms with Gasteiger partial charge in [-0.2, -0.15) is 0 Å². The fourth-order valence-electron chi connectivity index (χ4n) is 2.97. The molecule has 10 heteroatoms. The molecule has 1 amide bonds. The van der Waals surface area contributed by atoms with Gasteiger partial charge in [0.25, 0.3) is 11.6 Å². The van der Waals surface area contributed by atoms with E-state index in [2.05, 4.69) is 15.8 Å². The lowest BCUT2D eigenvalue weighted by Gasteiger charge is -2.12. The van der Waals surface area contributed by atoms with Gasteiger partial charge in [-0.25, -0.2) is 0 Å². The summed E-state index contributed by atoms with van der Waals surface area (Å²) in [5, 5.41) is 20.5. The lowest BCUT2D eigenvalue weighted by Crippen LogP contribution is -2.28. The van der Waals surface area contributed by atoms with Crippen molar-refractivity contribution in [3.63, 3.8) is 0 Å². The van der Waals surface area contributed by atoms with Crippen molar-refractivity contribution in [1.82, 2.24) is 10.5 Å². The number of ether oxygens (including phenoxy) is 2. The van der Waals surface area contributed by atoms with Gasteiger partial charge in [-0.3, -0.25) is 14.9 Å². The largest absolute Gasteiger partial charge is 0.493 e. The number of aryl methyl sites for hydroxylation is 2. The van der Waals surface area contributed by atoms with E-state index in [1.54, 1.807) is 30.3 Å². The number of anilines is 1. The fourth-order valence-corrected chi connectivity index (χ4v) is 2.97. The topological polar surface area (TPSA) is 129 Å². The summed E-state index contributed by atoms with van der Waals surface area (Å²) >= 11 is 0. The summed E-state index contributed by atoms with van der Waals surface area (Å²) in [7, 11) is 1.51. The zero-order valence-corrected chi connectivity index (χ0v) is 18.0. The number of aromatic nitrogens is 1. The van der Waals surface area contributed by atoms with E-state index >= 15 is 0 Å². The molecule has 0 saturated carbocycles. The van der Waals surface area contributed by atoms with Gasteiger partial charge in [0, 0.05) is 36.5 Å². The SMILES string of the molecule is COc1cc(C(=O)NCCNc2ccc([N+](=O)[O-])cc2)ccc1OCc1c(C)noc1C. The van der Waals surface area contributed by atoms with Crippen molar-refractivity contribution in [3.05, 3.63) is 75.2 Å². The molecule has 0 unspecified atom stereocenters. The number of hydrogen-bond acceptors (Lipinski definition) is 8. The Hall–Kier alpha value is -4.08. The molecule has 0 radical (unpaired) electrons. The Balaban J connectivity index is 1.52. The molecule has 3 aromatic rings. The summed E-state index contributed by atoms with van der Waals surface area (Å²) < 4.78 is 16.3. The van der Waals surface area contributed by atoms with Gasteiger partial charge in [-0.1, -0.05) is 5.16 Å². The van der Waals surface area contributed by atoms with Gasteiger partial charge in [0.1, 0.15) is 12.4 Å². The van der Waals surface area contributed by atoms with E-state index in [0.717, 1.165) is 16.9 Å². The second-order valence-electron chi connectivity index (χ2n) is 6.94. The third-order valence-corrected chi connectivity index (χ3v) is 4.80. The van der Waals surface area contributed by atoms with Crippen molar-refractivity contribution in [2.45, 2.75) is 20.5 Å². The van der Waals surface area contributed by atoms with Crippen LogP contribution in [-0.4, -0.2) is 36.2 Å². The molecule has 0 aliphatic carbocycles. The molecule has 2 aromatic carbocycles. The molecular weight excluding hydrogens is 416 g/mol. The molecule has 0 bridgehead atoms. The van der Waals surface area contributed by atoms with Crippen LogP contribution in [-0.2, 0) is 6.61 Å². The van der Waals surface area contributed by atoms with Gasteiger partial charge in [0.2, 0.25) is 0 Å². The Bertz CT molecular complexity index is 1070. The minimum atomic E-state index is -0.453. The average Bonchev–Trinajstić information content (AvgIpc) is 3.12. The van der Waals surface area contributed by atoms with Crippen molar-refractivity contribution in [3.8, 4) is 11.5 Å². The normalized spacial score (nSPS) is 10.5. The Labute approximate surface area is 184 Å². The van der Waals surface area contributed by atoms with Crippen molar-refractivity contribution in [1.29, 1.82) is 0 Å². The molecule has 0 fully saturated rings. The smallest absolute Gasteiger partial charge is 0.269 e. The summed E-state index contributed by atoms with van der Waals surface area (Å²) in [4.78, 5) is 22.7. The Morgan fingerprint density at radius 3 is 2.50 bits per heavy atom. The molecule has 1 aromatic heterocycles. The van der Waals surface area contributed by atoms with Crippen LogP contribution in [0.1, 0.15) is 27.4 Å². The maximum Gasteiger partial charge on any atom is 0.269 e. The highest BCUT2D eigenvalue weighted by molar-refractivity contribution is 5.94. The maximum absolute atomic E-state index is 12.5. The molecule has 0 aliphatic heterocycles. The molecule has 0 spiro atoms. The summed E-state index contributed by atoms with van der Waals surface area (Å²) in [6.45, 7) is 4.76. The quantitative estimate of drug-likeness (QED) is 0.278. The number of rotatable bonds is 10. The van der Waals surface area contributed by atoms with Gasteiger partial charge in [0.15, 0.2) is 11.5 Å². The molecule has 3 rings (SSSR count). The van der Waals surface area contributed by atoms with Crippen LogP contribution in [0.2, 0.25) is 0 Å². The van der Waals surface area contributed by atoms with Gasteiger partial charge in [-0.15, -0.1) is 0 Å². The molecule has 0 saturated heterocycles. The van der Waals surface area contributed by atoms with Crippen molar-refractivity contribution in [2.75, 3.05) is 25.5 Å². The Morgan fingerprint density at radius 2 is 1.88 bits per heavy atom. The molecule has 2 N–H and O–H groups in total. The zero-order valence-electron chi connectivity index (χ0n) is 18.0. The second kappa shape index (κ2) is 10.3. The summed E-state index contributed by atoms with van der Waals surface area (Å²) in [5.74, 6) is 1.38. The van der Waals surface area contributed by atoms with Crippen molar-refractivity contribution in [2.24, 2.45) is 0 Å². The van der Waals surface area contributed by atoms with Crippen LogP contribution in [0.4, 0.5) is 11.4 Å². The minimum Gasteiger partial charge on any atom is -0.493 e. The lowest BCUT2D eigenvalue weighted by atomic mass is 10.2. The van der Waals surface area contributed by atoms with Gasteiger partial charge >= 0.3 is 0 Å². The van der Waals surface area contributed by atoms with Gasteiger partial charge < -0.3 is 24.6 Å². The number of non-ortho nitro benzene ring substituents is 1. The number of benzene rings is 2. The standard InChI is InChI=1S/C22H24N4O6/c1-14-19(15(2)32-25-14)13-31-20-9-4-16(12-21(20)30-3)22(27)24-11-10-23-17-5-7-18(8-6-17)26(28)29/h4-9,12,23H,10-11,13H2,1-3H3,(H,24,27). The van der Waals surface area contributed by atoms with E-state index in [1.807, 2.05) is 13.8 Å². The highest BCUT2D eigenvalue weighted by Gasteiger charge is 2.14. The first-order valence-corrected chi connectivity index (χ1v) is 9.88. The first kappa shape index (κ1) is 22.6. The van der Waals surface area contributed by atoms with Crippen LogP contribution in [0.3, 0.4) is 0 Å². The number of nitro benzene ring substituents is 1. The highest BCUT2D eigenvalue weighted by Crippen LogP contribution is 2.29. The Kier molecular flexibility index (Phi) is 7.27. The zero-order chi connectivity index (χ0) is 23.1. The molecule has 168 valence electrons. The number of methoxy groups -OCH3 is 1. The molecule has 0 atom stereocenters. The fraction of sp³-hybridized carbons (Fsp3) is 0.273. The number of nitro groups is 1. The Morgan fingerprint density at radius 1 is 1.12 bits per heavy atom. The lowest BCUT2D eigenvalue weighted by molar-refractivity contribution is -0.384. The third-order valence-electron chi connectivity index (χ3n) is 4.80. The first-order chi connectivity index (χ1) is 15.4. The molecule has 10 nitrogen and oxygen atoms in total. The monoisotopic (exact) mass is 440 g/mol. The van der Waals surface area contributed by atoms with E-state index in [1.165, 1.54) is 19.2 Å². The van der Waals surface area contributed by atoms with Crippen LogP contribution in [0, 0.1) is 24.0 Å². The highest BCUT2D eigenvalue weighted by atomic mass is 16.6. The van der Waals surface area contributed by atoms with Crippen LogP contribution < -0.4 is 20.1 Å². The summed E-state index contributed by atoms with van der Waals surface area (Å²) in [5.41, 5.74) is 2.82. The predicted molar refractivity (Wildman–Crippen MR) is 117 cm³/mol. The van der Waals surface area contributed by atoms with Crippen molar-refractivity contribution < 1.29 is 23.7 Å². The number of carbonyl (C=O) groups is 1. The third kappa shape index (κ3) is 5.54.